The Morgan fingerprint density at radius 1 is 1.50 bits per heavy atom. The molecule has 14 heavy (non-hydrogen) atoms. The summed E-state index contributed by atoms with van der Waals surface area (Å²) < 4.78 is 24.2. The summed E-state index contributed by atoms with van der Waals surface area (Å²) in [5.74, 6) is 0.921. The molecule has 4 nitrogen and oxygen atoms in total. The van der Waals surface area contributed by atoms with E-state index in [1.165, 1.54) is 6.26 Å². The second-order valence-corrected chi connectivity index (χ2v) is 5.97. The maximum atomic E-state index is 11.1. The van der Waals surface area contributed by atoms with Gasteiger partial charge in [0.2, 0.25) is 0 Å². The van der Waals surface area contributed by atoms with Crippen molar-refractivity contribution in [1.29, 1.82) is 0 Å². The SMILES string of the molecule is Cc1ncc(CS(C)(=O)=O)n1C(C)C. The van der Waals surface area contributed by atoms with E-state index in [2.05, 4.69) is 4.98 Å². The molecule has 0 aliphatic rings. The van der Waals surface area contributed by atoms with Gasteiger partial charge in [-0.05, 0) is 20.8 Å². The van der Waals surface area contributed by atoms with E-state index >= 15 is 0 Å². The van der Waals surface area contributed by atoms with Crippen molar-refractivity contribution in [3.8, 4) is 0 Å². The molecule has 0 saturated carbocycles. The molecule has 0 bridgehead atoms. The molecule has 0 saturated heterocycles. The second kappa shape index (κ2) is 3.73. The van der Waals surface area contributed by atoms with Gasteiger partial charge in [-0.3, -0.25) is 0 Å². The molecule has 1 rings (SSSR count). The largest absolute Gasteiger partial charge is 0.329 e. The summed E-state index contributed by atoms with van der Waals surface area (Å²) >= 11 is 0. The minimum Gasteiger partial charge on any atom is -0.329 e. The molecule has 0 aliphatic heterocycles. The van der Waals surface area contributed by atoms with E-state index in [4.69, 9.17) is 0 Å². The van der Waals surface area contributed by atoms with Crippen molar-refractivity contribution in [3.63, 3.8) is 0 Å². The molecular formula is C9H16N2O2S. The Balaban J connectivity index is 3.10. The zero-order valence-electron chi connectivity index (χ0n) is 8.98. The molecule has 80 valence electrons. The second-order valence-electron chi connectivity index (χ2n) is 3.83. The highest BCUT2D eigenvalue weighted by Crippen LogP contribution is 2.14. The summed E-state index contributed by atoms with van der Waals surface area (Å²) in [6.07, 6.45) is 2.87. The first-order valence-electron chi connectivity index (χ1n) is 4.51. The zero-order valence-corrected chi connectivity index (χ0v) is 9.80. The lowest BCUT2D eigenvalue weighted by Crippen LogP contribution is -2.11. The van der Waals surface area contributed by atoms with Crippen molar-refractivity contribution < 1.29 is 8.42 Å². The molecule has 1 aromatic rings. The van der Waals surface area contributed by atoms with Crippen LogP contribution in [0.3, 0.4) is 0 Å². The lowest BCUT2D eigenvalue weighted by Gasteiger charge is -2.13. The molecule has 1 heterocycles. The zero-order chi connectivity index (χ0) is 10.9. The Bertz CT molecular complexity index is 418. The smallest absolute Gasteiger partial charge is 0.153 e. The maximum Gasteiger partial charge on any atom is 0.153 e. The van der Waals surface area contributed by atoms with Crippen LogP contribution in [0.15, 0.2) is 6.20 Å². The number of aryl methyl sites for hydroxylation is 1. The summed E-state index contributed by atoms with van der Waals surface area (Å²) in [7, 11) is -2.98. The Hall–Kier alpha value is -0.840. The van der Waals surface area contributed by atoms with Crippen LogP contribution in [0.4, 0.5) is 0 Å². The van der Waals surface area contributed by atoms with Gasteiger partial charge in [-0.15, -0.1) is 0 Å². The highest BCUT2D eigenvalue weighted by atomic mass is 32.2. The van der Waals surface area contributed by atoms with E-state index < -0.39 is 9.84 Å². The summed E-state index contributed by atoms with van der Waals surface area (Å²) in [4.78, 5) is 4.12. The van der Waals surface area contributed by atoms with Crippen LogP contribution >= 0.6 is 0 Å². The number of aromatic nitrogens is 2. The Kier molecular flexibility index (Phi) is 2.99. The summed E-state index contributed by atoms with van der Waals surface area (Å²) in [6, 6.07) is 0.245. The van der Waals surface area contributed by atoms with Crippen molar-refractivity contribution >= 4 is 9.84 Å². The first-order chi connectivity index (χ1) is 6.31. The number of imidazole rings is 1. The van der Waals surface area contributed by atoms with Crippen LogP contribution in [0.25, 0.3) is 0 Å². The molecule has 0 unspecified atom stereocenters. The predicted molar refractivity (Wildman–Crippen MR) is 55.9 cm³/mol. The normalized spacial score (nSPS) is 12.4. The molecule has 1 aromatic heterocycles. The van der Waals surface area contributed by atoms with Gasteiger partial charge >= 0.3 is 0 Å². The maximum absolute atomic E-state index is 11.1. The fraction of sp³-hybridized carbons (Fsp3) is 0.667. The Morgan fingerprint density at radius 3 is 2.50 bits per heavy atom. The molecule has 0 aliphatic carbocycles. The molecule has 0 N–H and O–H groups in total. The van der Waals surface area contributed by atoms with E-state index in [0.717, 1.165) is 11.5 Å². The molecular weight excluding hydrogens is 200 g/mol. The van der Waals surface area contributed by atoms with Crippen molar-refractivity contribution in [2.45, 2.75) is 32.6 Å². The van der Waals surface area contributed by atoms with Gasteiger partial charge in [-0.1, -0.05) is 0 Å². The topological polar surface area (TPSA) is 52.0 Å². The van der Waals surface area contributed by atoms with Gasteiger partial charge in [0.05, 0.1) is 11.4 Å². The van der Waals surface area contributed by atoms with Crippen molar-refractivity contribution in [2.24, 2.45) is 0 Å². The molecule has 0 radical (unpaired) electrons. The minimum absolute atomic E-state index is 0.0615. The van der Waals surface area contributed by atoms with Crippen LogP contribution < -0.4 is 0 Å². The van der Waals surface area contributed by atoms with E-state index in [1.807, 2.05) is 25.3 Å². The average Bonchev–Trinajstić information content (AvgIpc) is 2.27. The number of sulfone groups is 1. The molecule has 5 heteroatoms. The summed E-state index contributed by atoms with van der Waals surface area (Å²) in [5.41, 5.74) is 0.764. The summed E-state index contributed by atoms with van der Waals surface area (Å²) in [6.45, 7) is 5.91. The van der Waals surface area contributed by atoms with Gasteiger partial charge in [0, 0.05) is 18.5 Å². The van der Waals surface area contributed by atoms with Crippen LogP contribution in [-0.4, -0.2) is 24.2 Å². The first kappa shape index (κ1) is 11.2. The third-order valence-electron chi connectivity index (χ3n) is 1.98. The Morgan fingerprint density at radius 2 is 2.07 bits per heavy atom. The Labute approximate surface area is 84.9 Å². The number of hydrogen-bond acceptors (Lipinski definition) is 3. The molecule has 0 atom stereocenters. The molecule has 0 fully saturated rings. The van der Waals surface area contributed by atoms with Crippen LogP contribution in [0.2, 0.25) is 0 Å². The minimum atomic E-state index is -2.98. The fourth-order valence-electron chi connectivity index (χ4n) is 1.58. The third kappa shape index (κ3) is 2.57. The van der Waals surface area contributed by atoms with E-state index in [0.29, 0.717) is 0 Å². The summed E-state index contributed by atoms with van der Waals surface area (Å²) in [5, 5.41) is 0. The van der Waals surface area contributed by atoms with E-state index in [9.17, 15) is 8.42 Å². The third-order valence-corrected chi connectivity index (χ3v) is 2.81. The van der Waals surface area contributed by atoms with Crippen molar-refractivity contribution in [3.05, 3.63) is 17.7 Å². The highest BCUT2D eigenvalue weighted by Gasteiger charge is 2.13. The van der Waals surface area contributed by atoms with Crippen molar-refractivity contribution in [2.75, 3.05) is 6.26 Å². The quantitative estimate of drug-likeness (QED) is 0.765. The van der Waals surface area contributed by atoms with Crippen LogP contribution in [-0.2, 0) is 15.6 Å². The van der Waals surface area contributed by atoms with Gasteiger partial charge in [-0.25, -0.2) is 13.4 Å². The monoisotopic (exact) mass is 216 g/mol. The predicted octanol–water partition coefficient (Wildman–Crippen LogP) is 1.32. The van der Waals surface area contributed by atoms with Gasteiger partial charge in [0.25, 0.3) is 0 Å². The van der Waals surface area contributed by atoms with Crippen LogP contribution in [0.5, 0.6) is 0 Å². The van der Waals surface area contributed by atoms with Crippen LogP contribution in [0, 0.1) is 6.92 Å². The van der Waals surface area contributed by atoms with Gasteiger partial charge < -0.3 is 4.57 Å². The standard InChI is InChI=1S/C9H16N2O2S/c1-7(2)11-8(3)10-5-9(11)6-14(4,12)13/h5,7H,6H2,1-4H3. The molecule has 0 amide bonds. The van der Waals surface area contributed by atoms with Gasteiger partial charge in [0.15, 0.2) is 9.84 Å². The highest BCUT2D eigenvalue weighted by molar-refractivity contribution is 7.89. The van der Waals surface area contributed by atoms with Gasteiger partial charge in [0.1, 0.15) is 5.82 Å². The van der Waals surface area contributed by atoms with E-state index in [1.54, 1.807) is 6.20 Å². The van der Waals surface area contributed by atoms with Crippen LogP contribution in [0.1, 0.15) is 31.4 Å². The fourth-order valence-corrected chi connectivity index (χ4v) is 2.33. The van der Waals surface area contributed by atoms with Gasteiger partial charge in [-0.2, -0.15) is 0 Å². The lowest BCUT2D eigenvalue weighted by molar-refractivity contribution is 0.560. The number of hydrogen-bond donors (Lipinski definition) is 0. The number of nitrogens with zero attached hydrogens (tertiary/aromatic N) is 2. The lowest BCUT2D eigenvalue weighted by atomic mass is 10.3. The number of rotatable bonds is 3. The first-order valence-corrected chi connectivity index (χ1v) is 6.57. The van der Waals surface area contributed by atoms with E-state index in [-0.39, 0.29) is 11.8 Å². The van der Waals surface area contributed by atoms with Crippen molar-refractivity contribution in [1.82, 2.24) is 9.55 Å². The molecule has 0 aromatic carbocycles. The average molecular weight is 216 g/mol. The molecule has 0 spiro atoms.